The maximum atomic E-state index is 12.9. The van der Waals surface area contributed by atoms with Gasteiger partial charge in [0.05, 0.1) is 18.0 Å². The summed E-state index contributed by atoms with van der Waals surface area (Å²) in [6.45, 7) is 6.36. The predicted octanol–water partition coefficient (Wildman–Crippen LogP) is 4.95. The number of anilines is 2. The molecule has 7 nitrogen and oxygen atoms in total. The molecular formula is C24H24N4O3S. The van der Waals surface area contributed by atoms with Crippen molar-refractivity contribution in [3.05, 3.63) is 59.0 Å². The molecule has 1 aromatic heterocycles. The van der Waals surface area contributed by atoms with E-state index in [0.29, 0.717) is 23.1 Å². The number of aromatic nitrogens is 1. The van der Waals surface area contributed by atoms with Crippen LogP contribution >= 0.6 is 11.3 Å². The molecule has 0 aliphatic carbocycles. The number of carbonyl (C=O) groups excluding carboxylic acids is 2. The highest BCUT2D eigenvalue weighted by Gasteiger charge is 2.27. The van der Waals surface area contributed by atoms with Crippen molar-refractivity contribution in [1.82, 2.24) is 4.98 Å². The number of nitrogens with one attached hydrogen (secondary N) is 1. The van der Waals surface area contributed by atoms with E-state index in [1.165, 1.54) is 16.3 Å². The van der Waals surface area contributed by atoms with E-state index in [2.05, 4.69) is 15.4 Å². The largest absolute Gasteiger partial charge is 0.493 e. The lowest BCUT2D eigenvalue weighted by atomic mass is 10.1. The summed E-state index contributed by atoms with van der Waals surface area (Å²) in [6.07, 6.45) is 0.516. The second-order valence-corrected chi connectivity index (χ2v) is 8.32. The van der Waals surface area contributed by atoms with Gasteiger partial charge in [-0.3, -0.25) is 14.9 Å². The predicted molar refractivity (Wildman–Crippen MR) is 127 cm³/mol. The summed E-state index contributed by atoms with van der Waals surface area (Å²) in [5.41, 5.74) is 4.54. The van der Waals surface area contributed by atoms with Gasteiger partial charge in [-0.2, -0.15) is 5.10 Å². The van der Waals surface area contributed by atoms with Crippen molar-refractivity contribution in [1.29, 1.82) is 0 Å². The first kappa shape index (κ1) is 21.7. The van der Waals surface area contributed by atoms with Gasteiger partial charge < -0.3 is 4.74 Å². The highest BCUT2D eigenvalue weighted by Crippen LogP contribution is 2.32. The molecule has 0 fully saturated rings. The van der Waals surface area contributed by atoms with Crippen LogP contribution in [0.1, 0.15) is 30.9 Å². The van der Waals surface area contributed by atoms with E-state index in [-0.39, 0.29) is 24.7 Å². The Morgan fingerprint density at radius 2 is 2.00 bits per heavy atom. The fourth-order valence-electron chi connectivity index (χ4n) is 3.44. The van der Waals surface area contributed by atoms with Gasteiger partial charge in [0.1, 0.15) is 11.5 Å². The topological polar surface area (TPSA) is 83.9 Å². The van der Waals surface area contributed by atoms with Gasteiger partial charge in [0.25, 0.3) is 5.91 Å². The number of rotatable bonds is 6. The molecule has 2 amide bonds. The Hall–Kier alpha value is -3.52. The minimum atomic E-state index is -0.355. The molecule has 2 heterocycles. The average Bonchev–Trinajstić information content (AvgIpc) is 3.24. The highest BCUT2D eigenvalue weighted by molar-refractivity contribution is 7.14. The Balaban J connectivity index is 1.54. The van der Waals surface area contributed by atoms with Crippen LogP contribution in [0.25, 0.3) is 11.3 Å². The Labute approximate surface area is 190 Å². The van der Waals surface area contributed by atoms with Crippen molar-refractivity contribution in [2.24, 2.45) is 5.10 Å². The summed E-state index contributed by atoms with van der Waals surface area (Å²) < 4.78 is 5.68. The molecule has 1 N–H and O–H groups in total. The molecule has 0 atom stereocenters. The molecule has 0 saturated carbocycles. The summed E-state index contributed by atoms with van der Waals surface area (Å²) in [7, 11) is 0. The third-order valence-electron chi connectivity index (χ3n) is 5.08. The Morgan fingerprint density at radius 1 is 1.19 bits per heavy atom. The zero-order chi connectivity index (χ0) is 22.7. The van der Waals surface area contributed by atoms with Crippen LogP contribution in [-0.4, -0.2) is 29.1 Å². The number of hydrogen-bond donors (Lipinski definition) is 1. The van der Waals surface area contributed by atoms with Crippen LogP contribution in [-0.2, 0) is 9.59 Å². The molecule has 0 unspecified atom stereocenters. The molecule has 0 bridgehead atoms. The number of hydrogen-bond acceptors (Lipinski definition) is 6. The van der Waals surface area contributed by atoms with E-state index in [0.717, 1.165) is 28.1 Å². The number of nitrogens with zero attached hydrogens (tertiary/aromatic N) is 3. The van der Waals surface area contributed by atoms with Crippen molar-refractivity contribution in [3.8, 4) is 17.0 Å². The molecule has 0 saturated heterocycles. The molecule has 32 heavy (non-hydrogen) atoms. The number of hydrazone groups is 1. The van der Waals surface area contributed by atoms with E-state index < -0.39 is 0 Å². The zero-order valence-corrected chi connectivity index (χ0v) is 19.0. The van der Waals surface area contributed by atoms with Gasteiger partial charge >= 0.3 is 0 Å². The lowest BCUT2D eigenvalue weighted by Gasteiger charge is -2.24. The standard InChI is InChI=1S/C24H24N4O3S/c1-4-31-21-8-6-5-7-17(21)19-14-32-24(25-19)26-23(30)18-11-12-22(29)28(27-18)20-13-15(2)9-10-16(20)3/h5-10,13-14H,4,11-12H2,1-3H3,(H,25,26,30). The van der Waals surface area contributed by atoms with Crippen LogP contribution in [0.15, 0.2) is 52.9 Å². The Morgan fingerprint density at radius 3 is 2.81 bits per heavy atom. The first-order valence-electron chi connectivity index (χ1n) is 10.4. The Bertz CT molecular complexity index is 1200. The van der Waals surface area contributed by atoms with Crippen LogP contribution in [0.4, 0.5) is 10.8 Å². The number of aryl methyl sites for hydroxylation is 2. The number of amides is 2. The summed E-state index contributed by atoms with van der Waals surface area (Å²) >= 11 is 1.33. The molecule has 2 aromatic carbocycles. The van der Waals surface area contributed by atoms with Gasteiger partial charge in [0, 0.05) is 23.8 Å². The van der Waals surface area contributed by atoms with Crippen LogP contribution in [0, 0.1) is 13.8 Å². The Kier molecular flexibility index (Phi) is 6.32. The molecule has 4 rings (SSSR count). The summed E-state index contributed by atoms with van der Waals surface area (Å²) in [6, 6.07) is 13.5. The molecule has 1 aliphatic rings. The second kappa shape index (κ2) is 9.32. The van der Waals surface area contributed by atoms with Crippen molar-refractivity contribution in [2.45, 2.75) is 33.6 Å². The molecular weight excluding hydrogens is 424 g/mol. The first-order chi connectivity index (χ1) is 15.5. The van der Waals surface area contributed by atoms with Gasteiger partial charge in [-0.15, -0.1) is 11.3 Å². The SMILES string of the molecule is CCOc1ccccc1-c1csc(NC(=O)C2=NN(c3cc(C)ccc3C)C(=O)CC2)n1. The van der Waals surface area contributed by atoms with Crippen LogP contribution < -0.4 is 15.1 Å². The maximum absolute atomic E-state index is 12.9. The molecule has 164 valence electrons. The minimum absolute atomic E-state index is 0.126. The summed E-state index contributed by atoms with van der Waals surface area (Å²) in [5.74, 6) is 0.267. The molecule has 1 aliphatic heterocycles. The summed E-state index contributed by atoms with van der Waals surface area (Å²) in [5, 5.41) is 10.9. The van der Waals surface area contributed by atoms with E-state index in [1.807, 2.05) is 68.6 Å². The fourth-order valence-corrected chi connectivity index (χ4v) is 4.14. The number of benzene rings is 2. The monoisotopic (exact) mass is 448 g/mol. The van der Waals surface area contributed by atoms with Crippen LogP contribution in [0.2, 0.25) is 0 Å². The van der Waals surface area contributed by atoms with Crippen molar-refractivity contribution in [2.75, 3.05) is 16.9 Å². The third kappa shape index (κ3) is 4.55. The smallest absolute Gasteiger partial charge is 0.273 e. The minimum Gasteiger partial charge on any atom is -0.493 e. The van der Waals surface area contributed by atoms with Crippen LogP contribution in [0.5, 0.6) is 5.75 Å². The molecule has 0 radical (unpaired) electrons. The maximum Gasteiger partial charge on any atom is 0.273 e. The van der Waals surface area contributed by atoms with E-state index in [4.69, 9.17) is 4.74 Å². The number of ether oxygens (including phenoxy) is 1. The van der Waals surface area contributed by atoms with Gasteiger partial charge in [0.15, 0.2) is 5.13 Å². The molecule has 3 aromatic rings. The lowest BCUT2D eigenvalue weighted by Crippen LogP contribution is -2.36. The lowest BCUT2D eigenvalue weighted by molar-refractivity contribution is -0.118. The number of thiazole rings is 1. The zero-order valence-electron chi connectivity index (χ0n) is 18.2. The molecule has 8 heteroatoms. The number of carbonyl (C=O) groups is 2. The van der Waals surface area contributed by atoms with Crippen molar-refractivity contribution >= 4 is 39.7 Å². The van der Waals surface area contributed by atoms with Gasteiger partial charge in [-0.1, -0.05) is 24.3 Å². The van der Waals surface area contributed by atoms with Crippen molar-refractivity contribution < 1.29 is 14.3 Å². The second-order valence-electron chi connectivity index (χ2n) is 7.46. The normalized spacial score (nSPS) is 13.7. The van der Waals surface area contributed by atoms with Gasteiger partial charge in [-0.05, 0) is 50.1 Å². The number of para-hydroxylation sites is 1. The first-order valence-corrected chi connectivity index (χ1v) is 11.3. The average molecular weight is 449 g/mol. The van der Waals surface area contributed by atoms with E-state index in [9.17, 15) is 9.59 Å². The van der Waals surface area contributed by atoms with Gasteiger partial charge in [-0.25, -0.2) is 9.99 Å². The molecule has 0 spiro atoms. The van der Waals surface area contributed by atoms with Crippen LogP contribution in [0.3, 0.4) is 0 Å². The van der Waals surface area contributed by atoms with E-state index in [1.54, 1.807) is 0 Å². The van der Waals surface area contributed by atoms with Crippen molar-refractivity contribution in [3.63, 3.8) is 0 Å². The third-order valence-corrected chi connectivity index (χ3v) is 5.83. The highest BCUT2D eigenvalue weighted by atomic mass is 32.1. The summed E-state index contributed by atoms with van der Waals surface area (Å²) in [4.78, 5) is 29.9. The quantitative estimate of drug-likeness (QED) is 0.578. The van der Waals surface area contributed by atoms with E-state index >= 15 is 0 Å². The fraction of sp³-hybridized carbons (Fsp3) is 0.250. The van der Waals surface area contributed by atoms with Gasteiger partial charge in [0.2, 0.25) is 5.91 Å².